The SMILES string of the molecule is O=C(Cc1nccs1)c1cccc2c1CCCN2. The number of hydrogen-bond donors (Lipinski definition) is 1. The molecule has 0 spiro atoms. The van der Waals surface area contributed by atoms with Crippen LogP contribution in [0.4, 0.5) is 5.69 Å². The van der Waals surface area contributed by atoms with E-state index in [1.54, 1.807) is 6.20 Å². The van der Waals surface area contributed by atoms with Gasteiger partial charge in [0.05, 0.1) is 6.42 Å². The van der Waals surface area contributed by atoms with Gasteiger partial charge in [-0.05, 0) is 24.5 Å². The highest BCUT2D eigenvalue weighted by atomic mass is 32.1. The van der Waals surface area contributed by atoms with Gasteiger partial charge in [0.25, 0.3) is 0 Å². The standard InChI is InChI=1S/C14H14N2OS/c17-13(9-14-16-7-8-18-14)11-3-1-5-12-10(11)4-2-6-15-12/h1,3,5,7-8,15H,2,4,6,9H2. The lowest BCUT2D eigenvalue weighted by molar-refractivity contribution is 0.0992. The lowest BCUT2D eigenvalue weighted by Gasteiger charge is -2.20. The van der Waals surface area contributed by atoms with Gasteiger partial charge >= 0.3 is 0 Å². The van der Waals surface area contributed by atoms with Gasteiger partial charge in [-0.3, -0.25) is 4.79 Å². The van der Waals surface area contributed by atoms with Crippen LogP contribution in [0.2, 0.25) is 0 Å². The minimum absolute atomic E-state index is 0.172. The fourth-order valence-corrected chi connectivity index (χ4v) is 2.96. The molecule has 1 N–H and O–H groups in total. The summed E-state index contributed by atoms with van der Waals surface area (Å²) in [6, 6.07) is 5.93. The molecule has 1 aliphatic rings. The topological polar surface area (TPSA) is 42.0 Å². The maximum atomic E-state index is 12.3. The minimum Gasteiger partial charge on any atom is -0.385 e. The third-order valence-electron chi connectivity index (χ3n) is 3.19. The fourth-order valence-electron chi connectivity index (χ4n) is 2.34. The summed E-state index contributed by atoms with van der Waals surface area (Å²) in [5.41, 5.74) is 3.14. The Bertz CT molecular complexity index is 563. The molecule has 18 heavy (non-hydrogen) atoms. The lowest BCUT2D eigenvalue weighted by atomic mass is 9.94. The van der Waals surface area contributed by atoms with Gasteiger partial charge in [0.2, 0.25) is 0 Å². The van der Waals surface area contributed by atoms with Gasteiger partial charge in [-0.15, -0.1) is 11.3 Å². The molecule has 3 nitrogen and oxygen atoms in total. The molecule has 0 bridgehead atoms. The minimum atomic E-state index is 0.172. The molecule has 2 aromatic rings. The molecule has 0 amide bonds. The van der Waals surface area contributed by atoms with Crippen molar-refractivity contribution in [2.75, 3.05) is 11.9 Å². The zero-order valence-electron chi connectivity index (χ0n) is 9.98. The molecular weight excluding hydrogens is 244 g/mol. The first kappa shape index (κ1) is 11.4. The Morgan fingerprint density at radius 2 is 2.39 bits per heavy atom. The normalized spacial score (nSPS) is 13.8. The van der Waals surface area contributed by atoms with E-state index in [4.69, 9.17) is 0 Å². The largest absolute Gasteiger partial charge is 0.385 e. The van der Waals surface area contributed by atoms with Crippen molar-refractivity contribution in [3.63, 3.8) is 0 Å². The molecule has 0 fully saturated rings. The summed E-state index contributed by atoms with van der Waals surface area (Å²) in [4.78, 5) is 16.5. The van der Waals surface area contributed by atoms with Gasteiger partial charge in [-0.25, -0.2) is 4.98 Å². The second kappa shape index (κ2) is 4.90. The average molecular weight is 258 g/mol. The van der Waals surface area contributed by atoms with Crippen LogP contribution in [0.25, 0.3) is 0 Å². The number of carbonyl (C=O) groups is 1. The van der Waals surface area contributed by atoms with Gasteiger partial charge in [-0.2, -0.15) is 0 Å². The van der Waals surface area contributed by atoms with Crippen LogP contribution in [0.1, 0.15) is 27.3 Å². The first-order valence-electron chi connectivity index (χ1n) is 6.12. The van der Waals surface area contributed by atoms with Gasteiger partial charge in [0.1, 0.15) is 5.01 Å². The first-order valence-corrected chi connectivity index (χ1v) is 7.00. The van der Waals surface area contributed by atoms with Crippen molar-refractivity contribution >= 4 is 22.8 Å². The van der Waals surface area contributed by atoms with E-state index in [0.29, 0.717) is 6.42 Å². The number of ketones is 1. The molecule has 92 valence electrons. The van der Waals surface area contributed by atoms with Crippen LogP contribution in [0, 0.1) is 0 Å². The molecule has 0 radical (unpaired) electrons. The summed E-state index contributed by atoms with van der Waals surface area (Å²) >= 11 is 1.54. The Morgan fingerprint density at radius 1 is 1.44 bits per heavy atom. The van der Waals surface area contributed by atoms with Crippen molar-refractivity contribution in [2.24, 2.45) is 0 Å². The van der Waals surface area contributed by atoms with Gasteiger partial charge in [0, 0.05) is 29.4 Å². The number of rotatable bonds is 3. The van der Waals surface area contributed by atoms with E-state index >= 15 is 0 Å². The molecule has 1 aromatic carbocycles. The number of Topliss-reactive ketones (excluding diaryl/α,β-unsaturated/α-hetero) is 1. The summed E-state index contributed by atoms with van der Waals surface area (Å²) in [6.45, 7) is 0.997. The Kier molecular flexibility index (Phi) is 3.11. The van der Waals surface area contributed by atoms with Crippen LogP contribution in [0.5, 0.6) is 0 Å². The van der Waals surface area contributed by atoms with Crippen LogP contribution in [0.15, 0.2) is 29.8 Å². The Labute approximate surface area is 110 Å². The summed E-state index contributed by atoms with van der Waals surface area (Å²) in [6.07, 6.45) is 4.24. The highest BCUT2D eigenvalue weighted by Crippen LogP contribution is 2.26. The third kappa shape index (κ3) is 2.16. The molecule has 4 heteroatoms. The molecule has 0 unspecified atom stereocenters. The smallest absolute Gasteiger partial charge is 0.170 e. The second-order valence-electron chi connectivity index (χ2n) is 4.39. The Morgan fingerprint density at radius 3 is 3.22 bits per heavy atom. The van der Waals surface area contributed by atoms with Gasteiger partial charge < -0.3 is 5.32 Å². The predicted octanol–water partition coefficient (Wildman–Crippen LogP) is 2.93. The summed E-state index contributed by atoms with van der Waals surface area (Å²) in [7, 11) is 0. The van der Waals surface area contributed by atoms with E-state index in [0.717, 1.165) is 35.6 Å². The third-order valence-corrected chi connectivity index (χ3v) is 3.97. The van der Waals surface area contributed by atoms with Crippen molar-refractivity contribution < 1.29 is 4.79 Å². The number of thiazole rings is 1. The molecule has 0 atom stereocenters. The molecule has 0 saturated carbocycles. The van der Waals surface area contributed by atoms with E-state index in [2.05, 4.69) is 16.4 Å². The van der Waals surface area contributed by atoms with E-state index in [1.165, 1.54) is 16.9 Å². The van der Waals surface area contributed by atoms with E-state index in [1.807, 2.05) is 17.5 Å². The molecular formula is C14H14N2OS. The number of nitrogens with one attached hydrogen (secondary N) is 1. The number of anilines is 1. The molecule has 0 saturated heterocycles. The molecule has 3 rings (SSSR count). The van der Waals surface area contributed by atoms with E-state index in [9.17, 15) is 4.79 Å². The zero-order chi connectivity index (χ0) is 12.4. The molecule has 2 heterocycles. The van der Waals surface area contributed by atoms with Gasteiger partial charge in [0.15, 0.2) is 5.78 Å². The van der Waals surface area contributed by atoms with Crippen molar-refractivity contribution in [3.8, 4) is 0 Å². The molecule has 1 aromatic heterocycles. The number of aromatic nitrogens is 1. The van der Waals surface area contributed by atoms with E-state index < -0.39 is 0 Å². The molecule has 0 aliphatic carbocycles. The Balaban J connectivity index is 1.89. The maximum absolute atomic E-state index is 12.3. The fraction of sp³-hybridized carbons (Fsp3) is 0.286. The number of benzene rings is 1. The average Bonchev–Trinajstić information content (AvgIpc) is 2.91. The van der Waals surface area contributed by atoms with Crippen LogP contribution in [0.3, 0.4) is 0 Å². The zero-order valence-corrected chi connectivity index (χ0v) is 10.8. The summed E-state index contributed by atoms with van der Waals surface area (Å²) in [5.74, 6) is 0.172. The highest BCUT2D eigenvalue weighted by molar-refractivity contribution is 7.09. The number of fused-ring (bicyclic) bond motifs is 1. The van der Waals surface area contributed by atoms with Gasteiger partial charge in [-0.1, -0.05) is 12.1 Å². The monoisotopic (exact) mass is 258 g/mol. The van der Waals surface area contributed by atoms with E-state index in [-0.39, 0.29) is 5.78 Å². The molecule has 1 aliphatic heterocycles. The summed E-state index contributed by atoms with van der Waals surface area (Å²) in [5, 5.41) is 6.15. The number of hydrogen-bond acceptors (Lipinski definition) is 4. The number of nitrogens with zero attached hydrogens (tertiary/aromatic N) is 1. The van der Waals surface area contributed by atoms with Crippen molar-refractivity contribution in [3.05, 3.63) is 45.9 Å². The van der Waals surface area contributed by atoms with Crippen LogP contribution < -0.4 is 5.32 Å². The number of carbonyl (C=O) groups excluding carboxylic acids is 1. The quantitative estimate of drug-likeness (QED) is 0.861. The summed E-state index contributed by atoms with van der Waals surface area (Å²) < 4.78 is 0. The maximum Gasteiger partial charge on any atom is 0.170 e. The van der Waals surface area contributed by atoms with Crippen LogP contribution in [-0.4, -0.2) is 17.3 Å². The van der Waals surface area contributed by atoms with Crippen molar-refractivity contribution in [2.45, 2.75) is 19.3 Å². The van der Waals surface area contributed by atoms with Crippen LogP contribution in [-0.2, 0) is 12.8 Å². The van der Waals surface area contributed by atoms with Crippen molar-refractivity contribution in [1.82, 2.24) is 4.98 Å². The lowest BCUT2D eigenvalue weighted by Crippen LogP contribution is -2.16. The van der Waals surface area contributed by atoms with Crippen molar-refractivity contribution in [1.29, 1.82) is 0 Å². The van der Waals surface area contributed by atoms with Crippen LogP contribution >= 0.6 is 11.3 Å². The highest BCUT2D eigenvalue weighted by Gasteiger charge is 2.17. The second-order valence-corrected chi connectivity index (χ2v) is 5.37. The predicted molar refractivity (Wildman–Crippen MR) is 73.4 cm³/mol. The Hall–Kier alpha value is -1.68. The first-order chi connectivity index (χ1) is 8.84.